The molecule has 3 rings (SSSR count). The first-order valence-electron chi connectivity index (χ1n) is 8.49. The zero-order valence-corrected chi connectivity index (χ0v) is 13.6. The topological polar surface area (TPSA) is 54.2 Å². The maximum absolute atomic E-state index is 6.32. The van der Waals surface area contributed by atoms with Gasteiger partial charge in [-0.05, 0) is 42.8 Å². The van der Waals surface area contributed by atoms with Gasteiger partial charge in [-0.25, -0.2) is 0 Å². The van der Waals surface area contributed by atoms with Gasteiger partial charge < -0.3 is 11.1 Å². The molecule has 1 aromatic heterocycles. The second-order valence-corrected chi connectivity index (χ2v) is 6.25. The number of pyridine rings is 1. The smallest absolute Gasteiger partial charge is 0.0422 e. The van der Waals surface area contributed by atoms with E-state index >= 15 is 0 Å². The van der Waals surface area contributed by atoms with E-state index in [1.807, 2.05) is 24.4 Å². The van der Waals surface area contributed by atoms with Gasteiger partial charge in [0.1, 0.15) is 0 Å². The maximum Gasteiger partial charge on any atom is 0.0422 e. The summed E-state index contributed by atoms with van der Waals surface area (Å²) >= 11 is 0. The highest BCUT2D eigenvalue weighted by Crippen LogP contribution is 2.16. The number of aromatic nitrogens is 1. The molecule has 0 spiro atoms. The fraction of sp³-hybridized carbons (Fsp3) is 0.421. The Morgan fingerprint density at radius 2 is 1.96 bits per heavy atom. The molecule has 3 N–H and O–H groups in total. The molecule has 0 amide bonds. The number of hydrogen-bond acceptors (Lipinski definition) is 4. The summed E-state index contributed by atoms with van der Waals surface area (Å²) in [5.74, 6) is 0. The van der Waals surface area contributed by atoms with Crippen molar-refractivity contribution in [3.63, 3.8) is 0 Å². The van der Waals surface area contributed by atoms with Gasteiger partial charge in [-0.3, -0.25) is 9.88 Å². The highest BCUT2D eigenvalue weighted by molar-refractivity contribution is 5.26. The lowest BCUT2D eigenvalue weighted by atomic mass is 10.0. The third-order valence-corrected chi connectivity index (χ3v) is 4.40. The van der Waals surface area contributed by atoms with Gasteiger partial charge in [-0.15, -0.1) is 0 Å². The number of nitrogens with zero attached hydrogens (tertiary/aromatic N) is 2. The van der Waals surface area contributed by atoms with Crippen molar-refractivity contribution in [2.24, 2.45) is 5.73 Å². The van der Waals surface area contributed by atoms with Crippen LogP contribution in [0.2, 0.25) is 0 Å². The number of benzene rings is 1. The van der Waals surface area contributed by atoms with E-state index in [1.54, 1.807) is 0 Å². The Morgan fingerprint density at radius 1 is 1.09 bits per heavy atom. The predicted molar refractivity (Wildman–Crippen MR) is 94.1 cm³/mol. The largest absolute Gasteiger partial charge is 0.324 e. The molecule has 122 valence electrons. The van der Waals surface area contributed by atoms with Crippen molar-refractivity contribution in [2.75, 3.05) is 26.2 Å². The van der Waals surface area contributed by atoms with Crippen molar-refractivity contribution in [1.82, 2.24) is 15.2 Å². The molecule has 1 saturated heterocycles. The van der Waals surface area contributed by atoms with Crippen molar-refractivity contribution in [2.45, 2.75) is 25.4 Å². The molecule has 1 aromatic carbocycles. The molecule has 1 atom stereocenters. The van der Waals surface area contributed by atoms with Gasteiger partial charge in [0.25, 0.3) is 0 Å². The fourth-order valence-corrected chi connectivity index (χ4v) is 3.05. The van der Waals surface area contributed by atoms with E-state index in [0.29, 0.717) is 0 Å². The van der Waals surface area contributed by atoms with Crippen LogP contribution in [0.15, 0.2) is 48.7 Å². The van der Waals surface area contributed by atoms with Gasteiger partial charge >= 0.3 is 0 Å². The van der Waals surface area contributed by atoms with E-state index in [4.69, 9.17) is 5.73 Å². The molecule has 0 aliphatic carbocycles. The summed E-state index contributed by atoms with van der Waals surface area (Å²) in [4.78, 5) is 6.87. The van der Waals surface area contributed by atoms with Gasteiger partial charge in [0.05, 0.1) is 0 Å². The summed E-state index contributed by atoms with van der Waals surface area (Å²) in [7, 11) is 0. The van der Waals surface area contributed by atoms with Gasteiger partial charge in [0.15, 0.2) is 0 Å². The molecule has 1 aliphatic heterocycles. The Kier molecular flexibility index (Phi) is 5.75. The van der Waals surface area contributed by atoms with E-state index in [9.17, 15) is 0 Å². The molecule has 23 heavy (non-hydrogen) atoms. The van der Waals surface area contributed by atoms with Crippen LogP contribution in [0.1, 0.15) is 29.3 Å². The summed E-state index contributed by atoms with van der Waals surface area (Å²) < 4.78 is 0. The molecule has 0 radical (unpaired) electrons. The predicted octanol–water partition coefficient (Wildman–Crippen LogP) is 2.12. The Bertz CT molecular complexity index is 574. The van der Waals surface area contributed by atoms with Crippen LogP contribution in [0, 0.1) is 0 Å². The van der Waals surface area contributed by atoms with E-state index < -0.39 is 0 Å². The minimum Gasteiger partial charge on any atom is -0.324 e. The van der Waals surface area contributed by atoms with Crippen molar-refractivity contribution in [1.29, 1.82) is 0 Å². The van der Waals surface area contributed by atoms with Crippen molar-refractivity contribution < 1.29 is 0 Å². The third-order valence-electron chi connectivity index (χ3n) is 4.40. The van der Waals surface area contributed by atoms with Crippen LogP contribution in [0.3, 0.4) is 0 Å². The number of hydrogen-bond donors (Lipinski definition) is 2. The van der Waals surface area contributed by atoms with Crippen molar-refractivity contribution in [3.05, 3.63) is 65.5 Å². The molecule has 1 fully saturated rings. The molecule has 2 heterocycles. The van der Waals surface area contributed by atoms with Crippen LogP contribution < -0.4 is 11.1 Å². The van der Waals surface area contributed by atoms with Crippen LogP contribution >= 0.6 is 0 Å². The lowest BCUT2D eigenvalue weighted by molar-refractivity contribution is 0.284. The molecule has 2 aromatic rings. The quantitative estimate of drug-likeness (QED) is 0.888. The lowest BCUT2D eigenvalue weighted by Crippen LogP contribution is -2.27. The SMILES string of the molecule is NC(Cc1ccccn1)c1ccc(CN2CCCNCC2)cc1. The summed E-state index contributed by atoms with van der Waals surface area (Å²) in [5.41, 5.74) is 9.91. The average molecular weight is 310 g/mol. The van der Waals surface area contributed by atoms with E-state index in [1.165, 1.54) is 24.1 Å². The average Bonchev–Trinajstić information content (AvgIpc) is 2.85. The second kappa shape index (κ2) is 8.20. The zero-order chi connectivity index (χ0) is 15.9. The van der Waals surface area contributed by atoms with Crippen LogP contribution in [0.5, 0.6) is 0 Å². The molecule has 1 aliphatic rings. The van der Waals surface area contributed by atoms with Crippen LogP contribution in [0.25, 0.3) is 0 Å². The maximum atomic E-state index is 6.32. The number of rotatable bonds is 5. The molecular weight excluding hydrogens is 284 g/mol. The monoisotopic (exact) mass is 310 g/mol. The highest BCUT2D eigenvalue weighted by Gasteiger charge is 2.11. The van der Waals surface area contributed by atoms with E-state index in [2.05, 4.69) is 39.5 Å². The van der Waals surface area contributed by atoms with Gasteiger partial charge in [-0.1, -0.05) is 30.3 Å². The number of nitrogens with two attached hydrogens (primary N) is 1. The van der Waals surface area contributed by atoms with Gasteiger partial charge in [0, 0.05) is 44.0 Å². The minimum atomic E-state index is 0.00124. The summed E-state index contributed by atoms with van der Waals surface area (Å²) in [6.45, 7) is 5.55. The first-order chi connectivity index (χ1) is 11.3. The second-order valence-electron chi connectivity index (χ2n) is 6.25. The first-order valence-corrected chi connectivity index (χ1v) is 8.49. The van der Waals surface area contributed by atoms with Crippen LogP contribution in [-0.2, 0) is 13.0 Å². The standard InChI is InChI=1S/C19H26N4/c20-19(14-18-4-1-2-10-22-18)17-7-5-16(6-8-17)15-23-12-3-9-21-11-13-23/h1-2,4-8,10,19,21H,3,9,11-15,20H2. The Hall–Kier alpha value is -1.75. The molecular formula is C19H26N4. The van der Waals surface area contributed by atoms with E-state index in [0.717, 1.165) is 38.3 Å². The number of nitrogens with one attached hydrogen (secondary N) is 1. The highest BCUT2D eigenvalue weighted by atomic mass is 15.1. The van der Waals surface area contributed by atoms with Crippen LogP contribution in [0.4, 0.5) is 0 Å². The normalized spacial score (nSPS) is 17.6. The molecule has 4 nitrogen and oxygen atoms in total. The third kappa shape index (κ3) is 4.86. The summed E-state index contributed by atoms with van der Waals surface area (Å²) in [5, 5.41) is 3.45. The minimum absolute atomic E-state index is 0.00124. The summed E-state index contributed by atoms with van der Waals surface area (Å²) in [6.07, 6.45) is 3.83. The fourth-order valence-electron chi connectivity index (χ4n) is 3.05. The molecule has 1 unspecified atom stereocenters. The van der Waals surface area contributed by atoms with Crippen molar-refractivity contribution >= 4 is 0 Å². The molecule has 4 heteroatoms. The van der Waals surface area contributed by atoms with Crippen LogP contribution in [-0.4, -0.2) is 36.1 Å². The van der Waals surface area contributed by atoms with Gasteiger partial charge in [-0.2, -0.15) is 0 Å². The van der Waals surface area contributed by atoms with E-state index in [-0.39, 0.29) is 6.04 Å². The first kappa shape index (κ1) is 16.1. The Morgan fingerprint density at radius 3 is 2.74 bits per heavy atom. The zero-order valence-electron chi connectivity index (χ0n) is 13.6. The lowest BCUT2D eigenvalue weighted by Gasteiger charge is -2.20. The molecule has 0 saturated carbocycles. The Labute approximate surface area is 138 Å². The van der Waals surface area contributed by atoms with Gasteiger partial charge in [0.2, 0.25) is 0 Å². The molecule has 0 bridgehead atoms. The van der Waals surface area contributed by atoms with Crippen molar-refractivity contribution in [3.8, 4) is 0 Å². The Balaban J connectivity index is 1.57. The summed E-state index contributed by atoms with van der Waals surface area (Å²) in [6, 6.07) is 14.7.